The zero-order chi connectivity index (χ0) is 20.6. The molecule has 0 aromatic heterocycles. The molecule has 1 heterocycles. The van der Waals surface area contributed by atoms with Crippen molar-refractivity contribution < 1.29 is 9.47 Å². The standard InChI is InChI=1S/C23H30N4O2.HI/c1-24-23(26(2)17-19-9-12-21(28-3)15-22(19)29-4)25-16-18-7-10-20(11-8-18)27-13-5-6-14-27;/h5-12,15H,13-14,16-17H2,1-4H3,(H,24,25);1H. The molecule has 0 radical (unpaired) electrons. The van der Waals surface area contributed by atoms with Gasteiger partial charge in [0.15, 0.2) is 5.96 Å². The molecule has 0 bridgehead atoms. The maximum absolute atomic E-state index is 5.51. The van der Waals surface area contributed by atoms with Gasteiger partial charge in [0.25, 0.3) is 0 Å². The minimum Gasteiger partial charge on any atom is -0.497 e. The van der Waals surface area contributed by atoms with E-state index in [2.05, 4.69) is 56.5 Å². The molecule has 0 aliphatic carbocycles. The lowest BCUT2D eigenvalue weighted by atomic mass is 10.1. The van der Waals surface area contributed by atoms with Crippen LogP contribution in [-0.4, -0.2) is 52.3 Å². The molecule has 1 N–H and O–H groups in total. The summed E-state index contributed by atoms with van der Waals surface area (Å²) in [5, 5.41) is 3.44. The molecule has 7 heteroatoms. The highest BCUT2D eigenvalue weighted by molar-refractivity contribution is 14.0. The summed E-state index contributed by atoms with van der Waals surface area (Å²) in [4.78, 5) is 8.84. The second-order valence-corrected chi connectivity index (χ2v) is 6.98. The Labute approximate surface area is 196 Å². The molecule has 0 saturated carbocycles. The molecule has 2 aromatic carbocycles. The van der Waals surface area contributed by atoms with E-state index in [1.54, 1.807) is 21.3 Å². The van der Waals surface area contributed by atoms with Crippen LogP contribution in [0.25, 0.3) is 0 Å². The first-order valence-corrected chi connectivity index (χ1v) is 9.76. The highest BCUT2D eigenvalue weighted by Gasteiger charge is 2.12. The number of hydrogen-bond acceptors (Lipinski definition) is 4. The van der Waals surface area contributed by atoms with Crippen molar-refractivity contribution in [1.82, 2.24) is 10.2 Å². The summed E-state index contributed by atoms with van der Waals surface area (Å²) in [6.07, 6.45) is 4.40. The first-order valence-electron chi connectivity index (χ1n) is 9.76. The molecule has 0 saturated heterocycles. The minimum atomic E-state index is 0. The van der Waals surface area contributed by atoms with Gasteiger partial charge in [0.1, 0.15) is 11.5 Å². The topological polar surface area (TPSA) is 49.3 Å². The Balaban J connectivity index is 0.00000320. The van der Waals surface area contributed by atoms with Crippen molar-refractivity contribution in [2.45, 2.75) is 13.1 Å². The molecule has 162 valence electrons. The van der Waals surface area contributed by atoms with Crippen LogP contribution in [0.1, 0.15) is 11.1 Å². The third-order valence-electron chi connectivity index (χ3n) is 5.05. The lowest BCUT2D eigenvalue weighted by Gasteiger charge is -2.23. The number of methoxy groups -OCH3 is 2. The van der Waals surface area contributed by atoms with Crippen LogP contribution >= 0.6 is 24.0 Å². The van der Waals surface area contributed by atoms with E-state index in [9.17, 15) is 0 Å². The Hall–Kier alpha value is -2.42. The molecule has 0 unspecified atom stereocenters. The van der Waals surface area contributed by atoms with Crippen LogP contribution in [0.2, 0.25) is 0 Å². The monoisotopic (exact) mass is 522 g/mol. The van der Waals surface area contributed by atoms with E-state index in [4.69, 9.17) is 9.47 Å². The molecule has 0 spiro atoms. The van der Waals surface area contributed by atoms with E-state index >= 15 is 0 Å². The minimum absolute atomic E-state index is 0. The second-order valence-electron chi connectivity index (χ2n) is 6.98. The van der Waals surface area contributed by atoms with Crippen molar-refractivity contribution in [3.8, 4) is 11.5 Å². The smallest absolute Gasteiger partial charge is 0.193 e. The summed E-state index contributed by atoms with van der Waals surface area (Å²) in [5.41, 5.74) is 3.55. The van der Waals surface area contributed by atoms with Crippen molar-refractivity contribution in [2.24, 2.45) is 4.99 Å². The van der Waals surface area contributed by atoms with Gasteiger partial charge < -0.3 is 24.6 Å². The van der Waals surface area contributed by atoms with Crippen LogP contribution in [0, 0.1) is 0 Å². The molecule has 1 aliphatic heterocycles. The summed E-state index contributed by atoms with van der Waals surface area (Å²) in [6.45, 7) is 3.37. The van der Waals surface area contributed by atoms with Gasteiger partial charge in [-0.3, -0.25) is 4.99 Å². The predicted octanol–water partition coefficient (Wildman–Crippen LogP) is 3.91. The van der Waals surface area contributed by atoms with Crippen molar-refractivity contribution in [1.29, 1.82) is 0 Å². The Morgan fingerprint density at radius 1 is 1.07 bits per heavy atom. The first-order chi connectivity index (χ1) is 14.1. The first kappa shape index (κ1) is 23.9. The fourth-order valence-corrected chi connectivity index (χ4v) is 3.39. The summed E-state index contributed by atoms with van der Waals surface area (Å²) < 4.78 is 10.8. The number of benzene rings is 2. The fraction of sp³-hybridized carbons (Fsp3) is 0.348. The Morgan fingerprint density at radius 3 is 2.37 bits per heavy atom. The number of halogens is 1. The van der Waals surface area contributed by atoms with Crippen molar-refractivity contribution in [3.05, 3.63) is 65.7 Å². The van der Waals surface area contributed by atoms with Gasteiger partial charge in [-0.2, -0.15) is 0 Å². The Kier molecular flexibility index (Phi) is 9.29. The van der Waals surface area contributed by atoms with Crippen LogP contribution in [0.15, 0.2) is 59.6 Å². The molecule has 0 amide bonds. The van der Waals surface area contributed by atoms with Crippen LogP contribution in [-0.2, 0) is 13.1 Å². The fourth-order valence-electron chi connectivity index (χ4n) is 3.39. The van der Waals surface area contributed by atoms with Gasteiger partial charge >= 0.3 is 0 Å². The number of nitrogens with zero attached hydrogens (tertiary/aromatic N) is 3. The predicted molar refractivity (Wildman–Crippen MR) is 134 cm³/mol. The van der Waals surface area contributed by atoms with Crippen LogP contribution in [0.3, 0.4) is 0 Å². The number of rotatable bonds is 7. The highest BCUT2D eigenvalue weighted by atomic mass is 127. The SMILES string of the molecule is CN=C(NCc1ccc(N2CC=CC2)cc1)N(C)Cc1ccc(OC)cc1OC.I. The summed E-state index contributed by atoms with van der Waals surface area (Å²) in [5.74, 6) is 2.42. The zero-order valence-electron chi connectivity index (χ0n) is 18.1. The largest absolute Gasteiger partial charge is 0.497 e. The van der Waals surface area contributed by atoms with Gasteiger partial charge in [-0.05, 0) is 29.8 Å². The summed E-state index contributed by atoms with van der Waals surface area (Å²) >= 11 is 0. The number of ether oxygens (including phenoxy) is 2. The number of guanidine groups is 1. The molecule has 6 nitrogen and oxygen atoms in total. The van der Waals surface area contributed by atoms with E-state index in [0.717, 1.165) is 42.7 Å². The third-order valence-corrected chi connectivity index (χ3v) is 5.05. The lowest BCUT2D eigenvalue weighted by Crippen LogP contribution is -2.38. The maximum Gasteiger partial charge on any atom is 0.193 e. The van der Waals surface area contributed by atoms with Gasteiger partial charge in [-0.15, -0.1) is 24.0 Å². The third kappa shape index (κ3) is 6.04. The van der Waals surface area contributed by atoms with Crippen molar-refractivity contribution in [2.75, 3.05) is 46.3 Å². The van der Waals surface area contributed by atoms with Crippen LogP contribution in [0.5, 0.6) is 11.5 Å². The Morgan fingerprint density at radius 2 is 1.77 bits per heavy atom. The van der Waals surface area contributed by atoms with Gasteiger partial charge in [0.05, 0.1) is 14.2 Å². The number of hydrogen-bond donors (Lipinski definition) is 1. The second kappa shape index (κ2) is 11.7. The lowest BCUT2D eigenvalue weighted by molar-refractivity contribution is 0.382. The van der Waals surface area contributed by atoms with Crippen LogP contribution < -0.4 is 19.7 Å². The molecule has 0 fully saturated rings. The molecule has 3 rings (SSSR count). The maximum atomic E-state index is 5.51. The average molecular weight is 522 g/mol. The van der Waals surface area contributed by atoms with Crippen molar-refractivity contribution in [3.63, 3.8) is 0 Å². The summed E-state index contributed by atoms with van der Waals surface area (Å²) in [6, 6.07) is 14.6. The molecule has 0 atom stereocenters. The van der Waals surface area contributed by atoms with Gasteiger partial charge in [0.2, 0.25) is 0 Å². The molecular weight excluding hydrogens is 491 g/mol. The molecule has 2 aromatic rings. The number of aliphatic imine (C=N–C) groups is 1. The number of nitrogens with one attached hydrogen (secondary N) is 1. The van der Waals surface area contributed by atoms with E-state index in [1.807, 2.05) is 25.2 Å². The number of anilines is 1. The Bertz CT molecular complexity index is 860. The highest BCUT2D eigenvalue weighted by Crippen LogP contribution is 2.25. The van der Waals surface area contributed by atoms with Gasteiger partial charge in [0, 0.05) is 57.6 Å². The van der Waals surface area contributed by atoms with E-state index in [1.165, 1.54) is 11.3 Å². The summed E-state index contributed by atoms with van der Waals surface area (Å²) in [7, 11) is 7.14. The molecular formula is C23H31IN4O2. The van der Waals surface area contributed by atoms with E-state index in [-0.39, 0.29) is 24.0 Å². The molecule has 30 heavy (non-hydrogen) atoms. The zero-order valence-corrected chi connectivity index (χ0v) is 20.4. The van der Waals surface area contributed by atoms with Gasteiger partial charge in [-0.1, -0.05) is 24.3 Å². The van der Waals surface area contributed by atoms with Crippen LogP contribution in [0.4, 0.5) is 5.69 Å². The van der Waals surface area contributed by atoms with E-state index in [0.29, 0.717) is 6.54 Å². The normalized spacial score (nSPS) is 13.1. The quantitative estimate of drug-likeness (QED) is 0.259. The van der Waals surface area contributed by atoms with Gasteiger partial charge in [-0.25, -0.2) is 0 Å². The molecule has 1 aliphatic rings. The average Bonchev–Trinajstić information content (AvgIpc) is 3.30. The van der Waals surface area contributed by atoms with Crippen molar-refractivity contribution >= 4 is 35.6 Å². The van der Waals surface area contributed by atoms with E-state index < -0.39 is 0 Å².